The predicted molar refractivity (Wildman–Crippen MR) is 71.8 cm³/mol. The van der Waals surface area contributed by atoms with E-state index < -0.39 is 15.8 Å². The van der Waals surface area contributed by atoms with Crippen LogP contribution in [0.3, 0.4) is 0 Å². The van der Waals surface area contributed by atoms with E-state index in [1.165, 1.54) is 0 Å². The van der Waals surface area contributed by atoms with Crippen molar-refractivity contribution in [3.63, 3.8) is 0 Å². The van der Waals surface area contributed by atoms with Gasteiger partial charge in [0, 0.05) is 11.8 Å². The lowest BCUT2D eigenvalue weighted by Crippen LogP contribution is -2.59. The highest BCUT2D eigenvalue weighted by Crippen LogP contribution is 2.40. The van der Waals surface area contributed by atoms with E-state index in [2.05, 4.69) is 0 Å². The van der Waals surface area contributed by atoms with Gasteiger partial charge in [0.05, 0.1) is 30.5 Å². The van der Waals surface area contributed by atoms with Gasteiger partial charge in [-0.15, -0.1) is 0 Å². The molecule has 0 unspecified atom stereocenters. The normalized spacial score (nSPS) is 33.2. The van der Waals surface area contributed by atoms with Crippen molar-refractivity contribution in [3.05, 3.63) is 30.3 Å². The second-order valence-electron chi connectivity index (χ2n) is 5.74. The van der Waals surface area contributed by atoms with Crippen LogP contribution in [0.2, 0.25) is 0 Å². The molecule has 1 aromatic rings. The Bertz CT molecular complexity index is 556. The van der Waals surface area contributed by atoms with Gasteiger partial charge in [0.25, 0.3) is 5.97 Å². The average Bonchev–Trinajstić information content (AvgIpc) is 2.48. The fourth-order valence-corrected chi connectivity index (χ4v) is 3.65. The first kappa shape index (κ1) is 14.0. The summed E-state index contributed by atoms with van der Waals surface area (Å²) < 4.78 is 41.3. The molecule has 4 rings (SSSR count). The van der Waals surface area contributed by atoms with Crippen LogP contribution in [0.25, 0.3) is 0 Å². The van der Waals surface area contributed by atoms with Crippen molar-refractivity contribution in [1.82, 2.24) is 0 Å². The Morgan fingerprint density at radius 1 is 1.05 bits per heavy atom. The van der Waals surface area contributed by atoms with Crippen molar-refractivity contribution in [2.45, 2.75) is 24.2 Å². The topological polar surface area (TPSA) is 61.8 Å². The molecule has 6 heteroatoms. The van der Waals surface area contributed by atoms with Crippen LogP contribution in [-0.2, 0) is 24.0 Å². The molecule has 3 saturated heterocycles. The quantitative estimate of drug-likeness (QED) is 0.844. The molecule has 0 aliphatic carbocycles. The van der Waals surface area contributed by atoms with Gasteiger partial charge in [-0.3, -0.25) is 0 Å². The van der Waals surface area contributed by atoms with Crippen LogP contribution in [-0.4, -0.2) is 40.0 Å². The molecule has 0 amide bonds. The molecule has 0 atom stereocenters. The number of benzene rings is 1. The van der Waals surface area contributed by atoms with Crippen LogP contribution in [0.5, 0.6) is 0 Å². The Kier molecular flexibility index (Phi) is 3.36. The summed E-state index contributed by atoms with van der Waals surface area (Å²) in [5.41, 5.74) is -0.111. The Balaban J connectivity index is 1.68. The van der Waals surface area contributed by atoms with Gasteiger partial charge in [0.1, 0.15) is 0 Å². The van der Waals surface area contributed by atoms with Gasteiger partial charge in [-0.2, -0.15) is 0 Å². The van der Waals surface area contributed by atoms with Gasteiger partial charge in [-0.1, -0.05) is 25.1 Å². The summed E-state index contributed by atoms with van der Waals surface area (Å²) in [4.78, 5) is 0.313. The van der Waals surface area contributed by atoms with E-state index in [-0.39, 0.29) is 17.6 Å². The van der Waals surface area contributed by atoms with Crippen molar-refractivity contribution < 1.29 is 22.6 Å². The minimum absolute atomic E-state index is 0.0618. The summed E-state index contributed by atoms with van der Waals surface area (Å²) >= 11 is 0. The average molecular weight is 298 g/mol. The minimum atomic E-state index is -3.35. The molecule has 110 valence electrons. The Morgan fingerprint density at radius 3 is 2.15 bits per heavy atom. The van der Waals surface area contributed by atoms with Crippen LogP contribution in [0.15, 0.2) is 35.2 Å². The van der Waals surface area contributed by atoms with Crippen molar-refractivity contribution in [1.29, 1.82) is 0 Å². The Morgan fingerprint density at radius 2 is 1.60 bits per heavy atom. The SMILES string of the molecule is CC12COC(CCS(=O)(=O)c3ccccc3)(OC1)OC2. The third-order valence-corrected chi connectivity index (χ3v) is 5.43. The second kappa shape index (κ2) is 4.80. The third kappa shape index (κ3) is 2.61. The summed E-state index contributed by atoms with van der Waals surface area (Å²) in [6.45, 7) is 3.64. The zero-order valence-electron chi connectivity index (χ0n) is 11.4. The lowest BCUT2D eigenvalue weighted by Gasteiger charge is -2.50. The molecule has 3 heterocycles. The molecule has 0 spiro atoms. The highest BCUT2D eigenvalue weighted by atomic mass is 32.2. The summed E-state index contributed by atoms with van der Waals surface area (Å²) in [7, 11) is -3.35. The third-order valence-electron chi connectivity index (χ3n) is 3.70. The molecular weight excluding hydrogens is 280 g/mol. The molecule has 3 fully saturated rings. The van der Waals surface area contributed by atoms with E-state index in [4.69, 9.17) is 14.2 Å². The van der Waals surface area contributed by atoms with Gasteiger partial charge in [-0.05, 0) is 12.1 Å². The molecule has 0 N–H and O–H groups in total. The first-order valence-electron chi connectivity index (χ1n) is 6.63. The maximum atomic E-state index is 12.2. The van der Waals surface area contributed by atoms with Crippen molar-refractivity contribution in [2.75, 3.05) is 25.6 Å². The van der Waals surface area contributed by atoms with E-state index in [9.17, 15) is 8.42 Å². The van der Waals surface area contributed by atoms with E-state index in [1.807, 2.05) is 6.92 Å². The maximum absolute atomic E-state index is 12.2. The molecule has 3 aliphatic heterocycles. The van der Waals surface area contributed by atoms with Gasteiger partial charge in [0.2, 0.25) is 0 Å². The highest BCUT2D eigenvalue weighted by Gasteiger charge is 2.50. The van der Waals surface area contributed by atoms with Crippen LogP contribution < -0.4 is 0 Å². The van der Waals surface area contributed by atoms with Crippen LogP contribution >= 0.6 is 0 Å². The van der Waals surface area contributed by atoms with E-state index in [0.29, 0.717) is 24.7 Å². The summed E-state index contributed by atoms with van der Waals surface area (Å²) in [6.07, 6.45) is 0.181. The van der Waals surface area contributed by atoms with E-state index in [0.717, 1.165) is 0 Å². The smallest absolute Gasteiger partial charge is 0.283 e. The molecule has 1 aromatic carbocycles. The molecule has 0 radical (unpaired) electrons. The minimum Gasteiger partial charge on any atom is -0.327 e. The molecule has 2 bridgehead atoms. The number of ether oxygens (including phenoxy) is 3. The molecule has 0 aromatic heterocycles. The van der Waals surface area contributed by atoms with Crippen LogP contribution in [0.1, 0.15) is 13.3 Å². The van der Waals surface area contributed by atoms with E-state index >= 15 is 0 Å². The molecule has 20 heavy (non-hydrogen) atoms. The monoisotopic (exact) mass is 298 g/mol. The lowest BCUT2D eigenvalue weighted by atomic mass is 9.91. The van der Waals surface area contributed by atoms with E-state index in [1.54, 1.807) is 30.3 Å². The zero-order chi connectivity index (χ0) is 14.3. The number of rotatable bonds is 4. The van der Waals surface area contributed by atoms with Gasteiger partial charge in [0.15, 0.2) is 9.84 Å². The van der Waals surface area contributed by atoms with Crippen LogP contribution in [0, 0.1) is 5.41 Å². The van der Waals surface area contributed by atoms with Crippen molar-refractivity contribution >= 4 is 9.84 Å². The van der Waals surface area contributed by atoms with Crippen LogP contribution in [0.4, 0.5) is 0 Å². The fourth-order valence-electron chi connectivity index (χ4n) is 2.32. The first-order valence-corrected chi connectivity index (χ1v) is 8.28. The van der Waals surface area contributed by atoms with Gasteiger partial charge < -0.3 is 14.2 Å². The number of fused-ring (bicyclic) bond motifs is 3. The zero-order valence-corrected chi connectivity index (χ0v) is 12.2. The maximum Gasteiger partial charge on any atom is 0.283 e. The van der Waals surface area contributed by atoms with Crippen molar-refractivity contribution in [3.8, 4) is 0 Å². The standard InChI is InChI=1S/C14H18O5S/c1-13-9-17-14(18-10-13,19-11-13)7-8-20(15,16)12-5-3-2-4-6-12/h2-6H,7-11H2,1H3. The summed E-state index contributed by atoms with van der Waals surface area (Å²) in [5.74, 6) is -1.24. The van der Waals surface area contributed by atoms with Gasteiger partial charge in [-0.25, -0.2) is 8.42 Å². The Labute approximate surface area is 118 Å². The molecule has 3 aliphatic rings. The summed E-state index contributed by atoms with van der Waals surface area (Å²) in [6, 6.07) is 8.39. The number of sulfone groups is 1. The molecular formula is C14H18O5S. The highest BCUT2D eigenvalue weighted by molar-refractivity contribution is 7.91. The Hall–Kier alpha value is -0.950. The second-order valence-corrected chi connectivity index (χ2v) is 7.85. The summed E-state index contributed by atoms with van der Waals surface area (Å²) in [5, 5.41) is 0. The lowest BCUT2D eigenvalue weighted by molar-refractivity contribution is -0.465. The first-order chi connectivity index (χ1) is 9.43. The van der Waals surface area contributed by atoms with Crippen molar-refractivity contribution in [2.24, 2.45) is 5.41 Å². The number of hydrogen-bond donors (Lipinski definition) is 0. The molecule has 0 saturated carbocycles. The fraction of sp³-hybridized carbons (Fsp3) is 0.571. The number of hydrogen-bond acceptors (Lipinski definition) is 5. The predicted octanol–water partition coefficient (Wildman–Crippen LogP) is 1.59. The largest absolute Gasteiger partial charge is 0.327 e. The molecule has 5 nitrogen and oxygen atoms in total. The van der Waals surface area contributed by atoms with Gasteiger partial charge >= 0.3 is 0 Å².